The van der Waals surface area contributed by atoms with Crippen LogP contribution in [0, 0.1) is 6.92 Å². The predicted molar refractivity (Wildman–Crippen MR) is 132 cm³/mol. The number of rotatable bonds is 5. The number of amides is 1. The first-order valence-corrected chi connectivity index (χ1v) is 11.7. The molecule has 0 unspecified atom stereocenters. The van der Waals surface area contributed by atoms with E-state index in [1.165, 1.54) is 0 Å². The molecule has 6 nitrogen and oxygen atoms in total. The molecular formula is C22H30BrF2N5OS. The van der Waals surface area contributed by atoms with E-state index in [4.69, 9.17) is 5.73 Å². The Hall–Kier alpha value is -1.75. The summed E-state index contributed by atoms with van der Waals surface area (Å²) in [5.41, 5.74) is 6.79. The zero-order valence-electron chi connectivity index (χ0n) is 18.3. The van der Waals surface area contributed by atoms with Crippen LogP contribution in [0.5, 0.6) is 0 Å². The highest BCUT2D eigenvalue weighted by Gasteiger charge is 2.33. The lowest BCUT2D eigenvalue weighted by molar-refractivity contribution is -0.0102. The van der Waals surface area contributed by atoms with Crippen LogP contribution < -0.4 is 21.3 Å². The van der Waals surface area contributed by atoms with Crippen molar-refractivity contribution in [2.24, 2.45) is 5.73 Å². The number of carbonyl (C=O) groups is 1. The lowest BCUT2D eigenvalue weighted by atomic mass is 10.1. The lowest BCUT2D eigenvalue weighted by Gasteiger charge is -2.25. The van der Waals surface area contributed by atoms with Gasteiger partial charge in [0.2, 0.25) is 5.92 Å². The summed E-state index contributed by atoms with van der Waals surface area (Å²) in [7, 11) is 1.88. The standard InChI is InChI=1S/C19H20BrF2N3OS.C3H10N2/c1-12-15(20)11-23-17(25-8-3-6-19(21,22)7-9-25)16(12)18(26)24-13-4-2-5-14(27)10-13;1-5-3-2-4/h2,4-5,10-11,27H,3,6-9H2,1H3,(H,24,26);5H,2-4H2,1H3. The highest BCUT2D eigenvalue weighted by Crippen LogP contribution is 2.33. The normalized spacial score (nSPS) is 15.4. The summed E-state index contributed by atoms with van der Waals surface area (Å²) in [6, 6.07) is 7.12. The average molecular weight is 530 g/mol. The van der Waals surface area contributed by atoms with E-state index in [9.17, 15) is 13.6 Å². The molecule has 2 heterocycles. The Morgan fingerprint density at radius 2 is 2.09 bits per heavy atom. The lowest BCUT2D eigenvalue weighted by Crippen LogP contribution is -2.30. The molecule has 1 aliphatic rings. The molecule has 32 heavy (non-hydrogen) atoms. The number of aromatic nitrogens is 1. The summed E-state index contributed by atoms with van der Waals surface area (Å²) >= 11 is 7.69. The van der Waals surface area contributed by atoms with Crippen LogP contribution in [0.4, 0.5) is 20.3 Å². The maximum absolute atomic E-state index is 13.7. The maximum Gasteiger partial charge on any atom is 0.259 e. The van der Waals surface area contributed by atoms with E-state index < -0.39 is 5.92 Å². The maximum atomic E-state index is 13.7. The molecule has 1 fully saturated rings. The van der Waals surface area contributed by atoms with Crippen molar-refractivity contribution in [1.82, 2.24) is 10.3 Å². The van der Waals surface area contributed by atoms with Gasteiger partial charge in [-0.2, -0.15) is 0 Å². The third-order valence-corrected chi connectivity index (χ3v) is 6.08. The van der Waals surface area contributed by atoms with Crippen molar-refractivity contribution in [3.8, 4) is 0 Å². The number of halogens is 3. The first-order valence-electron chi connectivity index (χ1n) is 10.4. The number of thiol groups is 1. The van der Waals surface area contributed by atoms with Crippen molar-refractivity contribution in [1.29, 1.82) is 0 Å². The minimum absolute atomic E-state index is 0.144. The first kappa shape index (κ1) is 26.5. The van der Waals surface area contributed by atoms with Crippen molar-refractivity contribution in [2.45, 2.75) is 37.0 Å². The molecule has 0 saturated carbocycles. The number of nitrogens with zero attached hydrogens (tertiary/aromatic N) is 2. The van der Waals surface area contributed by atoms with Crippen LogP contribution in [-0.4, -0.2) is 50.0 Å². The van der Waals surface area contributed by atoms with Crippen LogP contribution in [-0.2, 0) is 0 Å². The minimum atomic E-state index is -2.67. The predicted octanol–water partition coefficient (Wildman–Crippen LogP) is 4.48. The molecule has 0 atom stereocenters. The van der Waals surface area contributed by atoms with Gasteiger partial charge in [-0.25, -0.2) is 13.8 Å². The van der Waals surface area contributed by atoms with E-state index in [2.05, 4.69) is 44.2 Å². The largest absolute Gasteiger partial charge is 0.356 e. The van der Waals surface area contributed by atoms with E-state index in [0.29, 0.717) is 34.5 Å². The second-order valence-corrected chi connectivity index (χ2v) is 8.89. The molecule has 0 aliphatic carbocycles. The van der Waals surface area contributed by atoms with E-state index >= 15 is 0 Å². The Bertz CT molecular complexity index is 914. The second-order valence-electron chi connectivity index (χ2n) is 7.52. The van der Waals surface area contributed by atoms with Gasteiger partial charge in [0.25, 0.3) is 5.91 Å². The second kappa shape index (κ2) is 12.5. The molecule has 1 aromatic carbocycles. The number of carbonyl (C=O) groups excluding carboxylic acids is 1. The van der Waals surface area contributed by atoms with Gasteiger partial charge in [-0.3, -0.25) is 4.79 Å². The number of likely N-dealkylation sites (N-methyl/N-ethyl adjacent to an activating group) is 1. The molecule has 0 radical (unpaired) electrons. The van der Waals surface area contributed by atoms with Crippen LogP contribution in [0.3, 0.4) is 0 Å². The summed E-state index contributed by atoms with van der Waals surface area (Å²) in [4.78, 5) is 19.9. The molecule has 3 rings (SSSR count). The Balaban J connectivity index is 0.000000654. The topological polar surface area (TPSA) is 83.3 Å². The van der Waals surface area contributed by atoms with Crippen LogP contribution in [0.2, 0.25) is 0 Å². The zero-order chi connectivity index (χ0) is 23.7. The minimum Gasteiger partial charge on any atom is -0.356 e. The fourth-order valence-electron chi connectivity index (χ4n) is 3.28. The van der Waals surface area contributed by atoms with Gasteiger partial charge in [-0.05, 0) is 60.1 Å². The smallest absolute Gasteiger partial charge is 0.259 e. The summed E-state index contributed by atoms with van der Waals surface area (Å²) in [6.07, 6.45) is 1.58. The number of hydrogen-bond acceptors (Lipinski definition) is 6. The van der Waals surface area contributed by atoms with Crippen molar-refractivity contribution in [3.05, 3.63) is 46.1 Å². The number of benzene rings is 1. The van der Waals surface area contributed by atoms with Crippen molar-refractivity contribution in [3.63, 3.8) is 0 Å². The summed E-state index contributed by atoms with van der Waals surface area (Å²) < 4.78 is 28.2. The zero-order valence-corrected chi connectivity index (χ0v) is 20.8. The van der Waals surface area contributed by atoms with E-state index in [1.54, 1.807) is 29.3 Å². The van der Waals surface area contributed by atoms with Crippen molar-refractivity contribution in [2.75, 3.05) is 43.4 Å². The molecule has 0 spiro atoms. The molecule has 10 heteroatoms. The quantitative estimate of drug-likeness (QED) is 0.429. The van der Waals surface area contributed by atoms with E-state index in [1.807, 2.05) is 20.0 Å². The molecule has 0 bridgehead atoms. The number of nitrogens with one attached hydrogen (secondary N) is 2. The van der Waals surface area contributed by atoms with Crippen molar-refractivity contribution < 1.29 is 13.6 Å². The number of hydrogen-bond donors (Lipinski definition) is 4. The molecule has 1 saturated heterocycles. The molecule has 1 aliphatic heterocycles. The Morgan fingerprint density at radius 1 is 1.34 bits per heavy atom. The summed E-state index contributed by atoms with van der Waals surface area (Å²) in [5.74, 6) is -2.56. The SMILES string of the molecule is CNCCN.Cc1c(Br)cnc(N2CCCC(F)(F)CC2)c1C(=O)Nc1cccc(S)c1. The van der Waals surface area contributed by atoms with E-state index in [-0.39, 0.29) is 25.3 Å². The third kappa shape index (κ3) is 7.68. The number of anilines is 2. The molecule has 2 aromatic rings. The van der Waals surface area contributed by atoms with Gasteiger partial charge in [-0.1, -0.05) is 6.07 Å². The van der Waals surface area contributed by atoms with Crippen LogP contribution in [0.15, 0.2) is 39.8 Å². The summed E-state index contributed by atoms with van der Waals surface area (Å²) in [5, 5.41) is 5.75. The number of pyridine rings is 1. The van der Waals surface area contributed by atoms with Crippen molar-refractivity contribution >= 4 is 46.0 Å². The molecule has 1 aromatic heterocycles. The van der Waals surface area contributed by atoms with Crippen LogP contribution in [0.25, 0.3) is 0 Å². The fourth-order valence-corrected chi connectivity index (χ4v) is 3.80. The first-order chi connectivity index (χ1) is 15.2. The van der Waals surface area contributed by atoms with Gasteiger partial charge in [0.05, 0.1) is 5.56 Å². The van der Waals surface area contributed by atoms with Crippen LogP contribution >= 0.6 is 28.6 Å². The molecule has 4 N–H and O–H groups in total. The number of alkyl halides is 2. The van der Waals surface area contributed by atoms with Gasteiger partial charge < -0.3 is 21.3 Å². The third-order valence-electron chi connectivity index (χ3n) is 5.00. The fraction of sp³-hybridized carbons (Fsp3) is 0.455. The molecule has 176 valence electrons. The highest BCUT2D eigenvalue weighted by atomic mass is 79.9. The average Bonchev–Trinajstić information content (AvgIpc) is 2.91. The molecule has 1 amide bonds. The monoisotopic (exact) mass is 529 g/mol. The Labute approximate surface area is 201 Å². The van der Waals surface area contributed by atoms with Gasteiger partial charge in [0.1, 0.15) is 5.82 Å². The van der Waals surface area contributed by atoms with Gasteiger partial charge in [0.15, 0.2) is 0 Å². The van der Waals surface area contributed by atoms with Gasteiger partial charge in [0, 0.05) is 60.3 Å². The molecular weight excluding hydrogens is 500 g/mol. The van der Waals surface area contributed by atoms with Gasteiger partial charge >= 0.3 is 0 Å². The Kier molecular flexibility index (Phi) is 10.3. The van der Waals surface area contributed by atoms with Crippen LogP contribution in [0.1, 0.15) is 35.2 Å². The summed E-state index contributed by atoms with van der Waals surface area (Å²) in [6.45, 7) is 4.06. The van der Waals surface area contributed by atoms with E-state index in [0.717, 1.165) is 23.5 Å². The highest BCUT2D eigenvalue weighted by molar-refractivity contribution is 9.10. The van der Waals surface area contributed by atoms with Gasteiger partial charge in [-0.15, -0.1) is 12.6 Å². The Morgan fingerprint density at radius 3 is 2.72 bits per heavy atom. The number of nitrogens with two attached hydrogens (primary N) is 1.